The number of nitrogens with zero attached hydrogens (tertiary/aromatic N) is 1. The van der Waals surface area contributed by atoms with Gasteiger partial charge >= 0.3 is 0 Å². The minimum Gasteiger partial charge on any atom is -0.321 e. The molecule has 2 atom stereocenters. The summed E-state index contributed by atoms with van der Waals surface area (Å²) in [6.07, 6.45) is 0. The summed E-state index contributed by atoms with van der Waals surface area (Å²) < 4.78 is 0. The Kier molecular flexibility index (Phi) is 5.70. The van der Waals surface area contributed by atoms with Crippen LogP contribution in [0.25, 0.3) is 0 Å². The van der Waals surface area contributed by atoms with Gasteiger partial charge in [-0.1, -0.05) is 12.1 Å². The molecule has 2 N–H and O–H groups in total. The highest BCUT2D eigenvalue weighted by Gasteiger charge is 2.24. The van der Waals surface area contributed by atoms with Gasteiger partial charge in [0.05, 0.1) is 23.1 Å². The summed E-state index contributed by atoms with van der Waals surface area (Å²) in [7, 11) is 0. The van der Waals surface area contributed by atoms with Crippen LogP contribution in [-0.4, -0.2) is 18.5 Å². The minimum atomic E-state index is -0.155. The Labute approximate surface area is 135 Å². The number of carbonyl (C=O) groups excluding carboxylic acids is 1. The predicted octanol–water partition coefficient (Wildman–Crippen LogP) is 2.05. The number of anilines is 1. The van der Waals surface area contributed by atoms with Gasteiger partial charge in [-0.05, 0) is 43.5 Å². The maximum atomic E-state index is 12.4. The van der Waals surface area contributed by atoms with Crippen molar-refractivity contribution in [2.45, 2.75) is 26.4 Å². The number of thiophene rings is 1. The number of benzene rings is 1. The van der Waals surface area contributed by atoms with Crippen molar-refractivity contribution in [1.82, 2.24) is 0 Å². The monoisotopic (exact) mass is 314 g/mol. The molecule has 0 bridgehead atoms. The number of carbonyl (C=O) groups is 1. The lowest BCUT2D eigenvalue weighted by atomic mass is 10.2. The van der Waals surface area contributed by atoms with E-state index < -0.39 is 0 Å². The van der Waals surface area contributed by atoms with Gasteiger partial charge in [0.25, 0.3) is 5.91 Å². The molecule has 1 heterocycles. The normalized spacial score (nSPS) is 13.1. The Morgan fingerprint density at radius 2 is 2.23 bits per heavy atom. The topological polar surface area (TPSA) is 57.3 Å². The van der Waals surface area contributed by atoms with Crippen LogP contribution in [0.15, 0.2) is 41.8 Å². The number of hydrogen-bond donors (Lipinski definition) is 2. The molecule has 0 saturated heterocycles. The first-order valence-electron chi connectivity index (χ1n) is 7.32. The Balaban J connectivity index is 2.02. The van der Waals surface area contributed by atoms with E-state index in [-0.39, 0.29) is 11.9 Å². The first-order chi connectivity index (χ1) is 10.6. The van der Waals surface area contributed by atoms with Gasteiger partial charge in [0.2, 0.25) is 0 Å². The van der Waals surface area contributed by atoms with Crippen LogP contribution in [0.1, 0.15) is 24.3 Å². The van der Waals surface area contributed by atoms with Crippen LogP contribution in [0, 0.1) is 11.3 Å². The molecule has 2 rings (SSSR count). The lowest BCUT2D eigenvalue weighted by molar-refractivity contribution is -0.925. The van der Waals surface area contributed by atoms with Gasteiger partial charge in [0.15, 0.2) is 6.04 Å². The molecule has 0 radical (unpaired) electrons. The van der Waals surface area contributed by atoms with Crippen molar-refractivity contribution in [3.8, 4) is 6.07 Å². The summed E-state index contributed by atoms with van der Waals surface area (Å²) in [5, 5.41) is 13.9. The average Bonchev–Trinajstić information content (AvgIpc) is 3.05. The van der Waals surface area contributed by atoms with Crippen LogP contribution in [0.3, 0.4) is 0 Å². The van der Waals surface area contributed by atoms with Gasteiger partial charge in [-0.15, -0.1) is 11.3 Å². The zero-order chi connectivity index (χ0) is 15.9. The van der Waals surface area contributed by atoms with E-state index in [1.54, 1.807) is 35.6 Å². The summed E-state index contributed by atoms with van der Waals surface area (Å²) in [5.41, 5.74) is 1.21. The number of quaternary nitrogens is 1. The Hall–Kier alpha value is -2.16. The van der Waals surface area contributed by atoms with Gasteiger partial charge in [0.1, 0.15) is 6.54 Å². The van der Waals surface area contributed by atoms with E-state index in [0.29, 0.717) is 11.3 Å². The molecule has 1 aromatic carbocycles. The van der Waals surface area contributed by atoms with Crippen molar-refractivity contribution in [3.05, 3.63) is 52.2 Å². The van der Waals surface area contributed by atoms with Crippen LogP contribution >= 0.6 is 11.3 Å². The number of nitriles is 1. The highest BCUT2D eigenvalue weighted by atomic mass is 32.1. The average molecular weight is 314 g/mol. The van der Waals surface area contributed by atoms with E-state index in [1.165, 1.54) is 9.78 Å². The molecule has 0 fully saturated rings. The van der Waals surface area contributed by atoms with Crippen LogP contribution in [0.2, 0.25) is 0 Å². The summed E-state index contributed by atoms with van der Waals surface area (Å²) >= 11 is 1.72. The van der Waals surface area contributed by atoms with Gasteiger partial charge in [0, 0.05) is 5.69 Å². The minimum absolute atomic E-state index is 0.0245. The number of rotatable bonds is 6. The molecule has 4 nitrogen and oxygen atoms in total. The quantitative estimate of drug-likeness (QED) is 0.857. The molecule has 0 saturated carbocycles. The van der Waals surface area contributed by atoms with Crippen molar-refractivity contribution in [2.75, 3.05) is 11.9 Å². The van der Waals surface area contributed by atoms with Gasteiger partial charge in [-0.3, -0.25) is 4.79 Å². The van der Waals surface area contributed by atoms with Crippen LogP contribution in [0.4, 0.5) is 5.69 Å². The largest absolute Gasteiger partial charge is 0.321 e. The van der Waals surface area contributed by atoms with Crippen molar-refractivity contribution in [3.63, 3.8) is 0 Å². The number of amides is 1. The highest BCUT2D eigenvalue weighted by Crippen LogP contribution is 2.10. The van der Waals surface area contributed by atoms with E-state index in [4.69, 9.17) is 5.26 Å². The van der Waals surface area contributed by atoms with Crippen LogP contribution < -0.4 is 10.2 Å². The molecule has 114 valence electrons. The molecule has 1 unspecified atom stereocenters. The molecular formula is C17H20N3OS+. The van der Waals surface area contributed by atoms with E-state index in [9.17, 15) is 4.79 Å². The van der Waals surface area contributed by atoms with Gasteiger partial charge in [-0.25, -0.2) is 0 Å². The molecular weight excluding hydrogens is 294 g/mol. The van der Waals surface area contributed by atoms with E-state index in [1.807, 2.05) is 13.0 Å². The molecule has 0 aliphatic carbocycles. The zero-order valence-electron chi connectivity index (χ0n) is 12.8. The first kappa shape index (κ1) is 16.2. The zero-order valence-corrected chi connectivity index (χ0v) is 13.6. The second-order valence-electron chi connectivity index (χ2n) is 5.17. The van der Waals surface area contributed by atoms with Crippen LogP contribution in [0.5, 0.6) is 0 Å². The molecule has 1 amide bonds. The predicted molar refractivity (Wildman–Crippen MR) is 88.8 cm³/mol. The van der Waals surface area contributed by atoms with Crippen LogP contribution in [-0.2, 0) is 11.3 Å². The maximum Gasteiger partial charge on any atom is 0.282 e. The second kappa shape index (κ2) is 7.74. The fraction of sp³-hybridized carbons (Fsp3) is 0.294. The molecule has 0 spiro atoms. The Bertz CT molecular complexity index is 661. The molecule has 22 heavy (non-hydrogen) atoms. The second-order valence-corrected chi connectivity index (χ2v) is 6.20. The molecule has 5 heteroatoms. The van der Waals surface area contributed by atoms with E-state index in [0.717, 1.165) is 13.1 Å². The Morgan fingerprint density at radius 1 is 1.41 bits per heavy atom. The summed E-state index contributed by atoms with van der Waals surface area (Å²) in [6, 6.07) is 13.0. The molecule has 1 aromatic heterocycles. The van der Waals surface area contributed by atoms with Crippen molar-refractivity contribution < 1.29 is 9.69 Å². The maximum absolute atomic E-state index is 12.4. The SMILES string of the molecule is CC[NH+](Cc1cccs1)[C@H](C)C(=O)Nc1cccc(C#N)c1. The van der Waals surface area contributed by atoms with E-state index >= 15 is 0 Å². The van der Waals surface area contributed by atoms with Crippen molar-refractivity contribution in [2.24, 2.45) is 0 Å². The molecule has 0 aliphatic heterocycles. The van der Waals surface area contributed by atoms with Crippen molar-refractivity contribution in [1.29, 1.82) is 5.26 Å². The fourth-order valence-corrected chi connectivity index (χ4v) is 3.08. The lowest BCUT2D eigenvalue weighted by Crippen LogP contribution is -3.15. The number of hydrogen-bond acceptors (Lipinski definition) is 3. The third-order valence-electron chi connectivity index (χ3n) is 3.70. The highest BCUT2D eigenvalue weighted by molar-refractivity contribution is 7.09. The smallest absolute Gasteiger partial charge is 0.282 e. The standard InChI is InChI=1S/C17H19N3OS/c1-3-20(12-16-8-5-9-22-16)13(2)17(21)19-15-7-4-6-14(10-15)11-18/h4-10,13H,3,12H2,1-2H3,(H,19,21)/p+1/t13-/m1/s1. The van der Waals surface area contributed by atoms with Crippen molar-refractivity contribution >= 4 is 22.9 Å². The molecule has 0 aliphatic rings. The van der Waals surface area contributed by atoms with E-state index in [2.05, 4.69) is 29.8 Å². The summed E-state index contributed by atoms with van der Waals surface area (Å²) in [6.45, 7) is 5.75. The third-order valence-corrected chi connectivity index (χ3v) is 4.58. The molecule has 2 aromatic rings. The third kappa shape index (κ3) is 4.17. The van der Waals surface area contributed by atoms with Gasteiger partial charge in [-0.2, -0.15) is 5.26 Å². The summed E-state index contributed by atoms with van der Waals surface area (Å²) in [4.78, 5) is 14.9. The lowest BCUT2D eigenvalue weighted by Gasteiger charge is -2.23. The van der Waals surface area contributed by atoms with Gasteiger partial charge < -0.3 is 10.2 Å². The summed E-state index contributed by atoms with van der Waals surface area (Å²) in [5.74, 6) is -0.0245. The fourth-order valence-electron chi connectivity index (χ4n) is 2.32. The number of likely N-dealkylation sites (N-methyl/N-ethyl adjacent to an activating group) is 1. The first-order valence-corrected chi connectivity index (χ1v) is 8.20. The number of nitrogens with one attached hydrogen (secondary N) is 2. The Morgan fingerprint density at radius 3 is 2.86 bits per heavy atom.